The molecular weight excluding hydrogens is 508 g/mol. The lowest BCUT2D eigenvalue weighted by atomic mass is 9.89. The first-order chi connectivity index (χ1) is 18.1. The smallest absolute Gasteiger partial charge is 0.264 e. The van der Waals surface area contributed by atoms with Gasteiger partial charge in [0.25, 0.3) is 10.0 Å². The van der Waals surface area contributed by atoms with Gasteiger partial charge < -0.3 is 24.3 Å². The maximum Gasteiger partial charge on any atom is 0.264 e. The highest BCUT2D eigenvalue weighted by atomic mass is 32.2. The first-order valence-corrected chi connectivity index (χ1v) is 13.5. The Hall–Kier alpha value is -3.92. The summed E-state index contributed by atoms with van der Waals surface area (Å²) in [6, 6.07) is 17.7. The summed E-state index contributed by atoms with van der Waals surface area (Å²) in [5.41, 5.74) is 0.388. The Morgan fingerprint density at radius 3 is 2.29 bits per heavy atom. The molecular formula is C28H32N2O7S. The Balaban J connectivity index is 1.72. The molecule has 0 aliphatic carbocycles. The number of benzene rings is 3. The van der Waals surface area contributed by atoms with E-state index in [-0.39, 0.29) is 16.3 Å². The predicted octanol–water partition coefficient (Wildman–Crippen LogP) is 4.33. The number of rotatable bonds is 9. The molecule has 0 spiro atoms. The van der Waals surface area contributed by atoms with Gasteiger partial charge in [0.15, 0.2) is 0 Å². The topological polar surface area (TPSA) is 103 Å². The fourth-order valence-corrected chi connectivity index (χ4v) is 5.91. The highest BCUT2D eigenvalue weighted by molar-refractivity contribution is 7.92. The summed E-state index contributed by atoms with van der Waals surface area (Å²) in [6.07, 6.45) is 0.479. The zero-order valence-electron chi connectivity index (χ0n) is 22.1. The monoisotopic (exact) mass is 540 g/mol. The number of methoxy groups -OCH3 is 3. The van der Waals surface area contributed by atoms with Crippen molar-refractivity contribution in [3.63, 3.8) is 0 Å². The van der Waals surface area contributed by atoms with Crippen LogP contribution >= 0.6 is 0 Å². The first kappa shape index (κ1) is 27.1. The molecule has 0 saturated heterocycles. The van der Waals surface area contributed by atoms with Crippen LogP contribution in [0.4, 0.5) is 5.69 Å². The minimum Gasteiger partial charge on any atom is -0.497 e. The van der Waals surface area contributed by atoms with E-state index in [2.05, 4.69) is 5.32 Å². The molecule has 9 nitrogen and oxygen atoms in total. The second-order valence-corrected chi connectivity index (χ2v) is 11.3. The van der Waals surface area contributed by atoms with Crippen molar-refractivity contribution < 1.29 is 32.2 Å². The molecule has 38 heavy (non-hydrogen) atoms. The molecule has 3 aromatic carbocycles. The molecule has 1 aliphatic heterocycles. The number of fused-ring (bicyclic) bond motifs is 1. The van der Waals surface area contributed by atoms with E-state index in [0.29, 0.717) is 23.7 Å². The Labute approximate surface area is 223 Å². The van der Waals surface area contributed by atoms with E-state index >= 15 is 0 Å². The molecule has 1 heterocycles. The number of carbonyl (C=O) groups is 1. The quantitative estimate of drug-likeness (QED) is 0.431. The van der Waals surface area contributed by atoms with Crippen LogP contribution in [0, 0.1) is 0 Å². The van der Waals surface area contributed by atoms with Crippen LogP contribution in [-0.2, 0) is 14.8 Å². The number of hydrogen-bond donors (Lipinski definition) is 1. The lowest BCUT2D eigenvalue weighted by Gasteiger charge is -2.38. The maximum atomic E-state index is 13.8. The van der Waals surface area contributed by atoms with Gasteiger partial charge in [-0.25, -0.2) is 8.42 Å². The third-order valence-electron chi connectivity index (χ3n) is 6.28. The average molecular weight is 541 g/mol. The van der Waals surface area contributed by atoms with Gasteiger partial charge in [0.1, 0.15) is 35.1 Å². The van der Waals surface area contributed by atoms with Gasteiger partial charge in [-0.1, -0.05) is 18.2 Å². The van der Waals surface area contributed by atoms with Gasteiger partial charge in [-0.15, -0.1) is 0 Å². The highest BCUT2D eigenvalue weighted by Crippen LogP contribution is 2.41. The van der Waals surface area contributed by atoms with Gasteiger partial charge in [0, 0.05) is 18.1 Å². The minimum absolute atomic E-state index is 0.0416. The Morgan fingerprint density at radius 1 is 0.974 bits per heavy atom. The van der Waals surface area contributed by atoms with Gasteiger partial charge in [-0.2, -0.15) is 0 Å². The van der Waals surface area contributed by atoms with Crippen molar-refractivity contribution in [1.82, 2.24) is 5.32 Å². The van der Waals surface area contributed by atoms with Crippen LogP contribution in [0.25, 0.3) is 0 Å². The zero-order chi connectivity index (χ0) is 27.5. The number of carbonyl (C=O) groups excluding carboxylic acids is 1. The zero-order valence-corrected chi connectivity index (χ0v) is 22.9. The van der Waals surface area contributed by atoms with E-state index in [9.17, 15) is 13.2 Å². The van der Waals surface area contributed by atoms with Gasteiger partial charge in [0.05, 0.1) is 38.0 Å². The summed E-state index contributed by atoms with van der Waals surface area (Å²) in [5, 5.41) is 3.02. The summed E-state index contributed by atoms with van der Waals surface area (Å²) < 4.78 is 51.0. The number of sulfonamides is 1. The van der Waals surface area contributed by atoms with Crippen molar-refractivity contribution in [3.8, 4) is 23.0 Å². The lowest BCUT2D eigenvalue weighted by Crippen LogP contribution is -2.45. The van der Waals surface area contributed by atoms with Crippen LogP contribution < -0.4 is 28.6 Å². The van der Waals surface area contributed by atoms with E-state index in [0.717, 1.165) is 9.87 Å². The number of ether oxygens (including phenoxy) is 4. The molecule has 0 bridgehead atoms. The summed E-state index contributed by atoms with van der Waals surface area (Å²) in [5.74, 6) is 1.46. The van der Waals surface area contributed by atoms with Crippen LogP contribution in [0.5, 0.6) is 23.0 Å². The maximum absolute atomic E-state index is 13.8. The number of anilines is 1. The van der Waals surface area contributed by atoms with E-state index in [4.69, 9.17) is 18.9 Å². The molecule has 1 amide bonds. The van der Waals surface area contributed by atoms with Crippen LogP contribution in [0.15, 0.2) is 71.6 Å². The van der Waals surface area contributed by atoms with Crippen LogP contribution in [0.3, 0.4) is 0 Å². The molecule has 0 radical (unpaired) electrons. The van der Waals surface area contributed by atoms with Crippen molar-refractivity contribution in [1.29, 1.82) is 0 Å². The van der Waals surface area contributed by atoms with Gasteiger partial charge in [-0.3, -0.25) is 9.10 Å². The summed E-state index contributed by atoms with van der Waals surface area (Å²) in [6.45, 7) is 3.39. The highest BCUT2D eigenvalue weighted by Gasteiger charge is 2.36. The van der Waals surface area contributed by atoms with E-state index in [1.165, 1.54) is 32.4 Å². The Kier molecular flexibility index (Phi) is 7.73. The van der Waals surface area contributed by atoms with E-state index in [1.807, 2.05) is 26.0 Å². The molecule has 1 unspecified atom stereocenters. The van der Waals surface area contributed by atoms with Crippen molar-refractivity contribution in [3.05, 3.63) is 72.3 Å². The molecule has 0 saturated carbocycles. The third kappa shape index (κ3) is 5.65. The van der Waals surface area contributed by atoms with E-state index < -0.39 is 34.1 Å². The SMILES string of the molecule is COc1ccc2c(c1)C(NC(=O)CN(c1cc(OC)ccc1OC)S(=O)(=O)c1ccccc1)CC(C)(C)O2. The molecule has 1 atom stereocenters. The molecule has 1 N–H and O–H groups in total. The molecule has 10 heteroatoms. The minimum atomic E-state index is -4.15. The van der Waals surface area contributed by atoms with Crippen LogP contribution in [0.1, 0.15) is 31.9 Å². The molecule has 3 aromatic rings. The van der Waals surface area contributed by atoms with Crippen molar-refractivity contribution >= 4 is 21.6 Å². The number of nitrogens with zero attached hydrogens (tertiary/aromatic N) is 1. The molecule has 0 fully saturated rings. The Morgan fingerprint density at radius 2 is 1.63 bits per heavy atom. The normalized spacial score (nSPS) is 16.0. The Bertz CT molecular complexity index is 1410. The predicted molar refractivity (Wildman–Crippen MR) is 144 cm³/mol. The van der Waals surface area contributed by atoms with Crippen LogP contribution in [0.2, 0.25) is 0 Å². The second kappa shape index (κ2) is 10.8. The van der Waals surface area contributed by atoms with Crippen molar-refractivity contribution in [2.75, 3.05) is 32.2 Å². The summed E-state index contributed by atoms with van der Waals surface area (Å²) in [7, 11) is 0.334. The fraction of sp³-hybridized carbons (Fsp3) is 0.321. The van der Waals surface area contributed by atoms with Crippen molar-refractivity contribution in [2.24, 2.45) is 0 Å². The standard InChI is InChI=1S/C28H32N2O7S/c1-28(2)17-23(22-15-19(34-3)11-13-25(22)37-28)29-27(31)18-30(38(32,33)21-9-7-6-8-10-21)24-16-20(35-4)12-14-26(24)36-5/h6-16,23H,17-18H2,1-5H3,(H,29,31). The fourth-order valence-electron chi connectivity index (χ4n) is 4.47. The molecule has 202 valence electrons. The lowest BCUT2D eigenvalue weighted by molar-refractivity contribution is -0.120. The van der Waals surface area contributed by atoms with E-state index in [1.54, 1.807) is 43.5 Å². The number of amides is 1. The van der Waals surface area contributed by atoms with Crippen LogP contribution in [-0.4, -0.2) is 47.8 Å². The number of nitrogens with one attached hydrogen (secondary N) is 1. The number of hydrogen-bond acceptors (Lipinski definition) is 7. The summed E-state index contributed by atoms with van der Waals surface area (Å²) in [4.78, 5) is 13.6. The summed E-state index contributed by atoms with van der Waals surface area (Å²) >= 11 is 0. The van der Waals surface area contributed by atoms with Gasteiger partial charge >= 0.3 is 0 Å². The van der Waals surface area contributed by atoms with Crippen molar-refractivity contribution in [2.45, 2.75) is 36.8 Å². The second-order valence-electron chi connectivity index (χ2n) is 9.45. The molecule has 1 aliphatic rings. The van der Waals surface area contributed by atoms with Gasteiger partial charge in [-0.05, 0) is 56.3 Å². The van der Waals surface area contributed by atoms with Gasteiger partial charge in [0.2, 0.25) is 5.91 Å². The molecule has 0 aromatic heterocycles. The first-order valence-electron chi connectivity index (χ1n) is 12.0. The molecule has 4 rings (SSSR count). The average Bonchev–Trinajstić information content (AvgIpc) is 2.91. The third-order valence-corrected chi connectivity index (χ3v) is 8.06. The largest absolute Gasteiger partial charge is 0.497 e.